The van der Waals surface area contributed by atoms with Crippen molar-refractivity contribution in [2.45, 2.75) is 13.8 Å². The number of aliphatic hydroxyl groups excluding tert-OH is 1. The van der Waals surface area contributed by atoms with Gasteiger partial charge < -0.3 is 32.9 Å². The standard InChI is InChI=1S/2C38H23N6.C18H13N2.C5H8O2.2Ir/c2*1-5-13-33-29(9-1)30-10-2-6-14-34(30)43(33)27-21-17-25(18-22-27)37-39-41-38(42-40-37)26-19-23-28(24-20-26)44-35-15-7-3-11-31(35)32-12-4-8-16-36(32)44;1-20-17-11-3-2-7-13(17)14-8-6-9-15(18(14)20)16-10-4-5-12-19-16;1-4(6)3-5(2)7;;/h2*1-19,21-24H;2-8,10-12H,1H3;3,6H,1-2H3;;/q3*-1;;;. The van der Waals surface area contributed by atoms with E-state index >= 15 is 0 Å². The van der Waals surface area contributed by atoms with E-state index in [0.717, 1.165) is 78.3 Å². The fraction of sp³-hybridized carbons (Fsp3) is 0.0303. The van der Waals surface area contributed by atoms with Crippen LogP contribution in [-0.2, 0) is 52.1 Å². The maximum absolute atomic E-state index is 10.0. The number of pyridine rings is 1. The van der Waals surface area contributed by atoms with Crippen LogP contribution in [-0.4, -0.2) is 79.5 Å². The van der Waals surface area contributed by atoms with E-state index in [0.29, 0.717) is 23.3 Å². The molecule has 0 unspecified atom stereocenters. The molecule has 8 aromatic heterocycles. The van der Waals surface area contributed by atoms with Gasteiger partial charge in [-0.1, -0.05) is 181 Å². The molecule has 0 atom stereocenters. The maximum atomic E-state index is 10.0. The van der Waals surface area contributed by atoms with E-state index in [1.165, 1.54) is 107 Å². The van der Waals surface area contributed by atoms with Crippen molar-refractivity contribution < 1.29 is 50.1 Å². The summed E-state index contributed by atoms with van der Waals surface area (Å²) < 4.78 is 11.3. The minimum Gasteiger partial charge on any atom is -0.512 e. The molecule has 8 heterocycles. The van der Waals surface area contributed by atoms with Crippen molar-refractivity contribution in [2.75, 3.05) is 0 Å². The quantitative estimate of drug-likeness (QED) is 0.0783. The van der Waals surface area contributed by atoms with E-state index in [-0.39, 0.29) is 51.8 Å². The van der Waals surface area contributed by atoms with Crippen LogP contribution in [0.1, 0.15) is 13.8 Å². The minimum atomic E-state index is -0.125. The molecule has 2 radical (unpaired) electrons. The molecular formula is C99H67Ir2N14O2-3. The van der Waals surface area contributed by atoms with Gasteiger partial charge in [0.25, 0.3) is 0 Å². The topological polar surface area (TPSA) is 178 Å². The van der Waals surface area contributed by atoms with Crippen LogP contribution in [0.25, 0.3) is 189 Å². The van der Waals surface area contributed by atoms with Crippen molar-refractivity contribution in [3.63, 3.8) is 0 Å². The number of allylic oxidation sites excluding steroid dienone is 2. The van der Waals surface area contributed by atoms with E-state index in [9.17, 15) is 4.79 Å². The fourth-order valence-corrected chi connectivity index (χ4v) is 15.8. The van der Waals surface area contributed by atoms with Crippen LogP contribution in [0.4, 0.5) is 0 Å². The first kappa shape index (κ1) is 75.3. The number of benzene rings is 14. The number of fused-ring (bicyclic) bond motifs is 15. The van der Waals surface area contributed by atoms with Gasteiger partial charge in [0, 0.05) is 153 Å². The molecule has 22 aromatic rings. The predicted molar refractivity (Wildman–Crippen MR) is 462 cm³/mol. The molecule has 0 amide bonds. The Morgan fingerprint density at radius 1 is 0.316 bits per heavy atom. The molecule has 566 valence electrons. The number of hydrogen-bond acceptors (Lipinski definition) is 11. The minimum absolute atomic E-state index is 0. The second kappa shape index (κ2) is 32.6. The molecule has 0 spiro atoms. The number of hydrogen-bond donors (Lipinski definition) is 1. The first-order chi connectivity index (χ1) is 56.6. The smallest absolute Gasteiger partial charge is 0.201 e. The summed E-state index contributed by atoms with van der Waals surface area (Å²) in [6, 6.07) is 125. The first-order valence-electron chi connectivity index (χ1n) is 37.7. The number of aliphatic hydroxyl groups is 1. The normalized spacial score (nSPS) is 11.4. The van der Waals surface area contributed by atoms with Crippen LogP contribution in [0.2, 0.25) is 0 Å². The largest absolute Gasteiger partial charge is 0.512 e. The monoisotopic (exact) mass is 1870 g/mol. The molecule has 22 rings (SSSR count). The Morgan fingerprint density at radius 3 is 0.897 bits per heavy atom. The molecule has 0 fully saturated rings. The second-order valence-electron chi connectivity index (χ2n) is 27.9. The van der Waals surface area contributed by atoms with Gasteiger partial charge in [-0.25, -0.2) is 0 Å². The Balaban J connectivity index is 0.000000127. The Hall–Kier alpha value is -14.4. The number of aryl methyl sites for hydroxylation is 1. The summed E-state index contributed by atoms with van der Waals surface area (Å²) in [5, 5.41) is 56.0. The molecule has 0 saturated carbocycles. The van der Waals surface area contributed by atoms with Crippen LogP contribution in [0, 0.1) is 18.2 Å². The zero-order valence-electron chi connectivity index (χ0n) is 63.2. The summed E-state index contributed by atoms with van der Waals surface area (Å²) in [6.07, 6.45) is 2.99. The number of nitrogens with zero attached hydrogens (tertiary/aromatic N) is 14. The Labute approximate surface area is 698 Å². The number of carbonyl (C=O) groups is 1. The molecule has 1 N–H and O–H groups in total. The molecular weight excluding hydrogens is 1800 g/mol. The van der Waals surface area contributed by atoms with Gasteiger partial charge in [-0.3, -0.25) is 4.79 Å². The maximum Gasteiger partial charge on any atom is 0.201 e. The van der Waals surface area contributed by atoms with Gasteiger partial charge in [0.05, 0.1) is 27.8 Å². The molecule has 0 aliphatic carbocycles. The summed E-state index contributed by atoms with van der Waals surface area (Å²) in [4.78, 5) is 14.5. The van der Waals surface area contributed by atoms with Crippen molar-refractivity contribution >= 4 is 115 Å². The number of carbonyl (C=O) groups excluding carboxylic acids is 1. The van der Waals surface area contributed by atoms with Gasteiger partial charge in [0.2, 0.25) is 11.6 Å². The van der Waals surface area contributed by atoms with E-state index < -0.39 is 0 Å². The van der Waals surface area contributed by atoms with Crippen molar-refractivity contribution in [3.8, 4) is 79.6 Å². The molecule has 117 heavy (non-hydrogen) atoms. The Bertz CT molecular complexity index is 6520. The van der Waals surface area contributed by atoms with Crippen LogP contribution >= 0.6 is 0 Å². The third-order valence-corrected chi connectivity index (χ3v) is 20.8. The van der Waals surface area contributed by atoms with Gasteiger partial charge in [-0.05, 0) is 151 Å². The van der Waals surface area contributed by atoms with Gasteiger partial charge in [-0.2, -0.15) is 20.4 Å². The number of rotatable bonds is 10. The Kier molecular flexibility index (Phi) is 21.0. The summed E-state index contributed by atoms with van der Waals surface area (Å²) in [7, 11) is 2.10. The average Bonchev–Trinajstić information content (AvgIpc) is 1.63. The van der Waals surface area contributed by atoms with E-state index in [4.69, 9.17) is 5.11 Å². The summed E-state index contributed by atoms with van der Waals surface area (Å²) in [5.74, 6) is 1.76. The molecule has 0 aliphatic heterocycles. The summed E-state index contributed by atoms with van der Waals surface area (Å²) >= 11 is 0. The van der Waals surface area contributed by atoms with Crippen molar-refractivity contribution in [1.82, 2.24) is 68.6 Å². The van der Waals surface area contributed by atoms with Gasteiger partial charge in [0.1, 0.15) is 11.6 Å². The fourth-order valence-electron chi connectivity index (χ4n) is 15.8. The second-order valence-corrected chi connectivity index (χ2v) is 27.9. The van der Waals surface area contributed by atoms with Gasteiger partial charge in [0.15, 0.2) is 5.78 Å². The van der Waals surface area contributed by atoms with Crippen molar-refractivity contribution in [1.29, 1.82) is 0 Å². The molecule has 14 aromatic carbocycles. The SMILES string of the molecule is CC(=O)C=C(C)O.Cn1c2ccccc2c2cc[c-]c(-c3ccccn3)c21.[Ir].[Ir].[c-]1cc(-n2c3ccccc3c3ccccc32)ccc1-c1nnc(-c2ccc(-n3c4ccccc4c4ccccc43)cc2)nn1.[c-]1cc(-n2c3ccccc3c3ccccc32)ccc1-c1nnc(-c2ccc(-n3c4ccccc4c4ccccc43)cc2)nn1. The van der Waals surface area contributed by atoms with E-state index in [2.05, 4.69) is 355 Å². The first-order valence-corrected chi connectivity index (χ1v) is 37.7. The number of aromatic nitrogens is 14. The summed E-state index contributed by atoms with van der Waals surface area (Å²) in [6.45, 7) is 2.85. The van der Waals surface area contributed by atoms with Crippen LogP contribution in [0.3, 0.4) is 0 Å². The average molecular weight is 1870 g/mol. The third-order valence-electron chi connectivity index (χ3n) is 20.8. The van der Waals surface area contributed by atoms with E-state index in [1.54, 1.807) is 0 Å². The van der Waals surface area contributed by atoms with Crippen molar-refractivity contribution in [2.24, 2.45) is 7.05 Å². The van der Waals surface area contributed by atoms with Gasteiger partial charge in [-0.15, -0.1) is 104 Å². The van der Waals surface area contributed by atoms with Gasteiger partial charge >= 0.3 is 0 Å². The number of ketones is 1. The molecule has 0 bridgehead atoms. The van der Waals surface area contributed by atoms with Crippen molar-refractivity contribution in [3.05, 3.63) is 370 Å². The summed E-state index contributed by atoms with van der Waals surface area (Å²) in [5.41, 5.74) is 21.1. The van der Waals surface area contributed by atoms with E-state index in [1.807, 2.05) is 79.0 Å². The van der Waals surface area contributed by atoms with Crippen LogP contribution in [0.5, 0.6) is 0 Å². The Morgan fingerprint density at radius 2 is 0.607 bits per heavy atom. The molecule has 18 heteroatoms. The third kappa shape index (κ3) is 14.2. The van der Waals surface area contributed by atoms with Crippen LogP contribution in [0.15, 0.2) is 352 Å². The zero-order chi connectivity index (χ0) is 77.5. The molecule has 16 nitrogen and oxygen atoms in total. The zero-order valence-corrected chi connectivity index (χ0v) is 68.0. The molecule has 0 aliphatic rings. The predicted octanol–water partition coefficient (Wildman–Crippen LogP) is 22.4. The number of para-hydroxylation sites is 9. The molecule has 0 saturated heterocycles. The van der Waals surface area contributed by atoms with Crippen LogP contribution < -0.4 is 0 Å².